The third-order valence-corrected chi connectivity index (χ3v) is 4.28. The minimum absolute atomic E-state index is 0.0731. The lowest BCUT2D eigenvalue weighted by Gasteiger charge is -2.17. The maximum absolute atomic E-state index is 5.90. The summed E-state index contributed by atoms with van der Waals surface area (Å²) in [4.78, 5) is 4.48. The molecular formula is C12H19N3O. The molecule has 0 amide bonds. The topological polar surface area (TPSA) is 64.9 Å². The Morgan fingerprint density at radius 1 is 1.44 bits per heavy atom. The van der Waals surface area contributed by atoms with Crippen LogP contribution in [0.15, 0.2) is 4.52 Å². The summed E-state index contributed by atoms with van der Waals surface area (Å²) in [6, 6.07) is -0.0731. The van der Waals surface area contributed by atoms with Crippen molar-refractivity contribution in [2.24, 2.45) is 17.6 Å². The van der Waals surface area contributed by atoms with Crippen molar-refractivity contribution >= 4 is 0 Å². The van der Waals surface area contributed by atoms with Crippen LogP contribution < -0.4 is 5.73 Å². The lowest BCUT2D eigenvalue weighted by molar-refractivity contribution is 0.300. The van der Waals surface area contributed by atoms with Crippen molar-refractivity contribution in [1.29, 1.82) is 0 Å². The van der Waals surface area contributed by atoms with Crippen LogP contribution in [0.5, 0.6) is 0 Å². The van der Waals surface area contributed by atoms with Gasteiger partial charge in [0.2, 0.25) is 5.89 Å². The normalized spacial score (nSPS) is 34.5. The summed E-state index contributed by atoms with van der Waals surface area (Å²) in [6.07, 6.45) is 6.20. The molecule has 4 nitrogen and oxygen atoms in total. The highest BCUT2D eigenvalue weighted by atomic mass is 16.5. The van der Waals surface area contributed by atoms with Crippen molar-refractivity contribution in [2.45, 2.75) is 51.0 Å². The minimum atomic E-state index is -0.0731. The molecule has 2 fully saturated rings. The molecule has 0 saturated heterocycles. The van der Waals surface area contributed by atoms with Crippen molar-refractivity contribution in [3.05, 3.63) is 11.7 Å². The summed E-state index contributed by atoms with van der Waals surface area (Å²) >= 11 is 0. The lowest BCUT2D eigenvalue weighted by atomic mass is 9.89. The van der Waals surface area contributed by atoms with E-state index in [9.17, 15) is 0 Å². The van der Waals surface area contributed by atoms with E-state index in [-0.39, 0.29) is 6.04 Å². The van der Waals surface area contributed by atoms with Crippen LogP contribution in [0.1, 0.15) is 62.7 Å². The molecule has 2 aliphatic carbocycles. The van der Waals surface area contributed by atoms with Crippen molar-refractivity contribution in [1.82, 2.24) is 10.1 Å². The minimum Gasteiger partial charge on any atom is -0.339 e. The maximum Gasteiger partial charge on any atom is 0.230 e. The summed E-state index contributed by atoms with van der Waals surface area (Å²) in [7, 11) is 0. The molecule has 2 N–H and O–H groups in total. The zero-order chi connectivity index (χ0) is 11.1. The molecule has 2 saturated carbocycles. The Morgan fingerprint density at radius 3 is 2.94 bits per heavy atom. The van der Waals surface area contributed by atoms with E-state index in [1.54, 1.807) is 0 Å². The number of nitrogens with two attached hydrogens (primary N) is 1. The number of hydrogen-bond acceptors (Lipinski definition) is 4. The van der Waals surface area contributed by atoms with Crippen LogP contribution in [0, 0.1) is 11.8 Å². The summed E-state index contributed by atoms with van der Waals surface area (Å²) < 4.78 is 5.38. The summed E-state index contributed by atoms with van der Waals surface area (Å²) in [6.45, 7) is 2.04. The monoisotopic (exact) mass is 221 g/mol. The average molecular weight is 221 g/mol. The molecule has 4 unspecified atom stereocenters. The van der Waals surface area contributed by atoms with Crippen molar-refractivity contribution in [2.75, 3.05) is 0 Å². The van der Waals surface area contributed by atoms with E-state index in [1.165, 1.54) is 25.7 Å². The third kappa shape index (κ3) is 1.56. The van der Waals surface area contributed by atoms with Crippen molar-refractivity contribution in [3.8, 4) is 0 Å². The molecule has 0 spiro atoms. The first kappa shape index (κ1) is 10.3. The fourth-order valence-electron chi connectivity index (χ4n) is 3.28. The van der Waals surface area contributed by atoms with Crippen molar-refractivity contribution in [3.63, 3.8) is 0 Å². The van der Waals surface area contributed by atoms with Gasteiger partial charge in [-0.15, -0.1) is 0 Å². The van der Waals surface area contributed by atoms with E-state index in [4.69, 9.17) is 10.3 Å². The van der Waals surface area contributed by atoms with Crippen LogP contribution in [0.2, 0.25) is 0 Å². The van der Waals surface area contributed by atoms with Crippen LogP contribution in [-0.4, -0.2) is 10.1 Å². The molecule has 88 valence electrons. The third-order valence-electron chi connectivity index (χ3n) is 4.28. The van der Waals surface area contributed by atoms with Gasteiger partial charge in [0.1, 0.15) is 0 Å². The Kier molecular flexibility index (Phi) is 2.46. The first-order valence-corrected chi connectivity index (χ1v) is 6.37. The molecule has 0 radical (unpaired) electrons. The van der Waals surface area contributed by atoms with Gasteiger partial charge >= 0.3 is 0 Å². The summed E-state index contributed by atoms with van der Waals surface area (Å²) in [5, 5.41) is 4.00. The Bertz CT molecular complexity index is 376. The van der Waals surface area contributed by atoms with Gasteiger partial charge in [0, 0.05) is 5.92 Å². The highest BCUT2D eigenvalue weighted by molar-refractivity contribution is 5.06. The van der Waals surface area contributed by atoms with Crippen LogP contribution >= 0.6 is 0 Å². The second-order valence-electron chi connectivity index (χ2n) is 5.29. The highest BCUT2D eigenvalue weighted by Crippen LogP contribution is 2.52. The van der Waals surface area contributed by atoms with Crippen molar-refractivity contribution < 1.29 is 4.52 Å². The molecule has 1 heterocycles. The van der Waals surface area contributed by atoms with Crippen LogP contribution in [0.25, 0.3) is 0 Å². The van der Waals surface area contributed by atoms with Crippen LogP contribution in [-0.2, 0) is 0 Å². The molecule has 0 aromatic carbocycles. The Balaban J connectivity index is 1.77. The van der Waals surface area contributed by atoms with E-state index >= 15 is 0 Å². The SMILES string of the molecule is CCC(N)c1noc(C2CC3CCC2C3)n1. The van der Waals surface area contributed by atoms with Gasteiger partial charge in [-0.1, -0.05) is 18.5 Å². The van der Waals surface area contributed by atoms with Crippen LogP contribution in [0.3, 0.4) is 0 Å². The first-order valence-electron chi connectivity index (χ1n) is 6.37. The van der Waals surface area contributed by atoms with Gasteiger partial charge in [-0.25, -0.2) is 0 Å². The molecule has 2 aliphatic rings. The predicted octanol–water partition coefficient (Wildman–Crippen LogP) is 2.38. The zero-order valence-electron chi connectivity index (χ0n) is 9.72. The molecule has 1 aromatic rings. The predicted molar refractivity (Wildman–Crippen MR) is 59.7 cm³/mol. The Labute approximate surface area is 95.6 Å². The van der Waals surface area contributed by atoms with E-state index in [2.05, 4.69) is 10.1 Å². The lowest BCUT2D eigenvalue weighted by Crippen LogP contribution is -2.12. The number of nitrogens with zero attached hydrogens (tertiary/aromatic N) is 2. The van der Waals surface area contributed by atoms with E-state index in [0.717, 1.165) is 24.1 Å². The second-order valence-corrected chi connectivity index (χ2v) is 5.29. The number of fused-ring (bicyclic) bond motifs is 2. The first-order chi connectivity index (χ1) is 7.78. The fraction of sp³-hybridized carbons (Fsp3) is 0.833. The quantitative estimate of drug-likeness (QED) is 0.851. The maximum atomic E-state index is 5.90. The van der Waals surface area contributed by atoms with E-state index in [0.29, 0.717) is 11.7 Å². The van der Waals surface area contributed by atoms with E-state index < -0.39 is 0 Å². The number of hydrogen-bond donors (Lipinski definition) is 1. The van der Waals surface area contributed by atoms with Gasteiger partial charge in [-0.3, -0.25) is 0 Å². The summed E-state index contributed by atoms with van der Waals surface area (Å²) in [5.41, 5.74) is 5.90. The highest BCUT2D eigenvalue weighted by Gasteiger charge is 2.42. The number of rotatable bonds is 3. The average Bonchev–Trinajstić information content (AvgIpc) is 3.02. The molecule has 16 heavy (non-hydrogen) atoms. The standard InChI is InChI=1S/C12H19N3O/c1-2-10(13)11-14-12(16-15-11)9-6-7-3-4-8(9)5-7/h7-10H,2-6,13H2,1H3. The smallest absolute Gasteiger partial charge is 0.230 e. The van der Waals surface area contributed by atoms with Gasteiger partial charge in [0.25, 0.3) is 0 Å². The Hall–Kier alpha value is -0.900. The molecular weight excluding hydrogens is 202 g/mol. The molecule has 4 heteroatoms. The van der Waals surface area contributed by atoms with Gasteiger partial charge in [-0.05, 0) is 37.5 Å². The van der Waals surface area contributed by atoms with Gasteiger partial charge < -0.3 is 10.3 Å². The van der Waals surface area contributed by atoms with E-state index in [1.807, 2.05) is 6.92 Å². The Morgan fingerprint density at radius 2 is 2.31 bits per heavy atom. The van der Waals surface area contributed by atoms with Gasteiger partial charge in [0.05, 0.1) is 6.04 Å². The van der Waals surface area contributed by atoms with Gasteiger partial charge in [-0.2, -0.15) is 4.98 Å². The molecule has 4 atom stereocenters. The molecule has 1 aromatic heterocycles. The second kappa shape index (κ2) is 3.84. The van der Waals surface area contributed by atoms with Gasteiger partial charge in [0.15, 0.2) is 5.82 Å². The number of aromatic nitrogens is 2. The van der Waals surface area contributed by atoms with Crippen LogP contribution in [0.4, 0.5) is 0 Å². The fourth-order valence-corrected chi connectivity index (χ4v) is 3.28. The molecule has 2 bridgehead atoms. The summed E-state index contributed by atoms with van der Waals surface area (Å²) in [5.74, 6) is 3.73. The zero-order valence-corrected chi connectivity index (χ0v) is 9.72. The largest absolute Gasteiger partial charge is 0.339 e. The molecule has 3 rings (SSSR count). The molecule has 0 aliphatic heterocycles.